The average molecular weight is 254 g/mol. The lowest BCUT2D eigenvalue weighted by Gasteiger charge is -2.30. The predicted molar refractivity (Wildman–Crippen MR) is 75.0 cm³/mol. The average Bonchev–Trinajstić information content (AvgIpc) is 2.46. The van der Waals surface area contributed by atoms with Crippen LogP contribution in [-0.4, -0.2) is 11.6 Å². The van der Waals surface area contributed by atoms with Gasteiger partial charge < -0.3 is 10.5 Å². The van der Waals surface area contributed by atoms with E-state index in [0.29, 0.717) is 12.5 Å². The van der Waals surface area contributed by atoms with Crippen molar-refractivity contribution in [1.82, 2.24) is 4.98 Å². The molecule has 0 radical (unpaired) electrons. The van der Waals surface area contributed by atoms with Gasteiger partial charge in [0.05, 0.1) is 6.61 Å². The summed E-state index contributed by atoms with van der Waals surface area (Å²) in [4.78, 5) is 4.18. The Morgan fingerprint density at radius 3 is 3.00 bits per heavy atom. The number of aryl methyl sites for hydroxylation is 1. The van der Waals surface area contributed by atoms with Gasteiger partial charge in [0.15, 0.2) is 0 Å². The van der Waals surface area contributed by atoms with Crippen LogP contribution in [0, 0.1) is 12.8 Å². The van der Waals surface area contributed by atoms with Gasteiger partial charge in [-0.25, -0.2) is 0 Å². The number of aromatic nitrogens is 1. The van der Waals surface area contributed by atoms with Crippen LogP contribution in [0.2, 0.25) is 0 Å². The van der Waals surface area contributed by atoms with Gasteiger partial charge in [0.2, 0.25) is 0 Å². The molecule has 2 atom stereocenters. The molecule has 0 bridgehead atoms. The minimum Gasteiger partial charge on any atom is -0.493 e. The van der Waals surface area contributed by atoms with Crippen molar-refractivity contribution in [2.24, 2.45) is 11.7 Å². The SMILES string of the molecule is Cc1ccncc1C(N)C1COc2ccccc2C1. The Labute approximate surface area is 113 Å². The molecule has 2 N–H and O–H groups in total. The number of pyridine rings is 1. The molecule has 0 amide bonds. The summed E-state index contributed by atoms with van der Waals surface area (Å²) in [6, 6.07) is 10.2. The van der Waals surface area contributed by atoms with E-state index in [9.17, 15) is 0 Å². The van der Waals surface area contributed by atoms with Crippen LogP contribution in [0.1, 0.15) is 22.7 Å². The first-order chi connectivity index (χ1) is 9.25. The third-order valence-electron chi connectivity index (χ3n) is 3.85. The molecule has 19 heavy (non-hydrogen) atoms. The van der Waals surface area contributed by atoms with Gasteiger partial charge in [-0.15, -0.1) is 0 Å². The maximum Gasteiger partial charge on any atom is 0.122 e. The second kappa shape index (κ2) is 5.02. The quantitative estimate of drug-likeness (QED) is 0.896. The van der Waals surface area contributed by atoms with Crippen LogP contribution < -0.4 is 10.5 Å². The molecular weight excluding hydrogens is 236 g/mol. The number of para-hydroxylation sites is 1. The molecule has 0 fully saturated rings. The second-order valence-corrected chi connectivity index (χ2v) is 5.14. The lowest BCUT2D eigenvalue weighted by Crippen LogP contribution is -2.31. The summed E-state index contributed by atoms with van der Waals surface area (Å²) >= 11 is 0. The number of fused-ring (bicyclic) bond motifs is 1. The van der Waals surface area contributed by atoms with Gasteiger partial charge in [-0.3, -0.25) is 4.98 Å². The van der Waals surface area contributed by atoms with Gasteiger partial charge in [-0.05, 0) is 42.2 Å². The van der Waals surface area contributed by atoms with Crippen molar-refractivity contribution >= 4 is 0 Å². The van der Waals surface area contributed by atoms with E-state index in [-0.39, 0.29) is 6.04 Å². The molecule has 0 spiro atoms. The Balaban J connectivity index is 1.83. The van der Waals surface area contributed by atoms with Gasteiger partial charge in [0.25, 0.3) is 0 Å². The summed E-state index contributed by atoms with van der Waals surface area (Å²) < 4.78 is 5.82. The molecule has 0 saturated carbocycles. The van der Waals surface area contributed by atoms with Crippen LogP contribution in [-0.2, 0) is 6.42 Å². The minimum absolute atomic E-state index is 0.0259. The third kappa shape index (κ3) is 2.34. The second-order valence-electron chi connectivity index (χ2n) is 5.14. The van der Waals surface area contributed by atoms with E-state index in [1.54, 1.807) is 6.20 Å². The van der Waals surface area contributed by atoms with Gasteiger partial charge in [0, 0.05) is 24.4 Å². The Hall–Kier alpha value is -1.87. The summed E-state index contributed by atoms with van der Waals surface area (Å²) in [5.41, 5.74) is 9.97. The molecule has 3 rings (SSSR count). The normalized spacial score (nSPS) is 19.4. The Bertz CT molecular complexity index is 582. The molecule has 3 heteroatoms. The van der Waals surface area contributed by atoms with Crippen LogP contribution in [0.3, 0.4) is 0 Å². The van der Waals surface area contributed by atoms with Crippen molar-refractivity contribution in [2.75, 3.05) is 6.61 Å². The summed E-state index contributed by atoms with van der Waals surface area (Å²) in [6.07, 6.45) is 4.64. The third-order valence-corrected chi connectivity index (χ3v) is 3.85. The summed E-state index contributed by atoms with van der Waals surface area (Å²) in [6.45, 7) is 2.75. The zero-order valence-electron chi connectivity index (χ0n) is 11.0. The van der Waals surface area contributed by atoms with Gasteiger partial charge in [-0.2, -0.15) is 0 Å². The number of hydrogen-bond acceptors (Lipinski definition) is 3. The van der Waals surface area contributed by atoms with Crippen LogP contribution in [0.4, 0.5) is 0 Å². The van der Waals surface area contributed by atoms with E-state index < -0.39 is 0 Å². The monoisotopic (exact) mass is 254 g/mol. The van der Waals surface area contributed by atoms with E-state index in [1.165, 1.54) is 11.1 Å². The van der Waals surface area contributed by atoms with Gasteiger partial charge in [-0.1, -0.05) is 18.2 Å². The maximum absolute atomic E-state index is 6.41. The molecule has 98 valence electrons. The van der Waals surface area contributed by atoms with Crippen LogP contribution in [0.25, 0.3) is 0 Å². The molecule has 0 aliphatic carbocycles. The standard InChI is InChI=1S/C16H18N2O/c1-11-6-7-18-9-14(11)16(17)13-8-12-4-2-3-5-15(12)19-10-13/h2-7,9,13,16H,8,10,17H2,1H3. The highest BCUT2D eigenvalue weighted by Crippen LogP contribution is 2.32. The Morgan fingerprint density at radius 2 is 2.16 bits per heavy atom. The van der Waals surface area contributed by atoms with Crippen LogP contribution in [0.15, 0.2) is 42.7 Å². The molecule has 1 aromatic heterocycles. The van der Waals surface area contributed by atoms with E-state index in [4.69, 9.17) is 10.5 Å². The number of nitrogens with zero attached hydrogens (tertiary/aromatic N) is 1. The molecule has 2 heterocycles. The topological polar surface area (TPSA) is 48.1 Å². The predicted octanol–water partition coefficient (Wildman–Crippen LogP) is 2.64. The lowest BCUT2D eigenvalue weighted by molar-refractivity contribution is 0.199. The number of benzene rings is 1. The Kier molecular flexibility index (Phi) is 3.22. The van der Waals surface area contributed by atoms with Crippen LogP contribution in [0.5, 0.6) is 5.75 Å². The van der Waals surface area contributed by atoms with E-state index in [0.717, 1.165) is 17.7 Å². The van der Waals surface area contributed by atoms with Crippen LogP contribution >= 0.6 is 0 Å². The number of rotatable bonds is 2. The van der Waals surface area contributed by atoms with E-state index in [1.807, 2.05) is 30.5 Å². The van der Waals surface area contributed by atoms with E-state index >= 15 is 0 Å². The zero-order valence-corrected chi connectivity index (χ0v) is 11.0. The summed E-state index contributed by atoms with van der Waals surface area (Å²) in [5.74, 6) is 1.30. The highest BCUT2D eigenvalue weighted by Gasteiger charge is 2.26. The fourth-order valence-electron chi connectivity index (χ4n) is 2.66. The number of hydrogen-bond donors (Lipinski definition) is 1. The molecule has 2 unspecified atom stereocenters. The highest BCUT2D eigenvalue weighted by molar-refractivity contribution is 5.36. The van der Waals surface area contributed by atoms with Crippen molar-refractivity contribution < 1.29 is 4.74 Å². The zero-order chi connectivity index (χ0) is 13.2. The van der Waals surface area contributed by atoms with Crippen molar-refractivity contribution in [3.8, 4) is 5.75 Å². The molecular formula is C16H18N2O. The lowest BCUT2D eigenvalue weighted by atomic mass is 9.86. The molecule has 1 aromatic carbocycles. The summed E-state index contributed by atoms with van der Waals surface area (Å²) in [7, 11) is 0. The molecule has 3 nitrogen and oxygen atoms in total. The highest BCUT2D eigenvalue weighted by atomic mass is 16.5. The fraction of sp³-hybridized carbons (Fsp3) is 0.312. The molecule has 0 saturated heterocycles. The molecule has 1 aliphatic rings. The first-order valence-corrected chi connectivity index (χ1v) is 6.62. The minimum atomic E-state index is -0.0259. The molecule has 1 aliphatic heterocycles. The number of ether oxygens (including phenoxy) is 1. The van der Waals surface area contributed by atoms with Gasteiger partial charge in [0.1, 0.15) is 5.75 Å². The first-order valence-electron chi connectivity index (χ1n) is 6.62. The molecule has 2 aromatic rings. The number of nitrogens with two attached hydrogens (primary N) is 1. The smallest absolute Gasteiger partial charge is 0.122 e. The fourth-order valence-corrected chi connectivity index (χ4v) is 2.66. The largest absolute Gasteiger partial charge is 0.493 e. The van der Waals surface area contributed by atoms with Crippen molar-refractivity contribution in [1.29, 1.82) is 0 Å². The van der Waals surface area contributed by atoms with Crippen molar-refractivity contribution in [3.63, 3.8) is 0 Å². The summed E-state index contributed by atoms with van der Waals surface area (Å²) in [5, 5.41) is 0. The first kappa shape index (κ1) is 12.2. The van der Waals surface area contributed by atoms with Gasteiger partial charge >= 0.3 is 0 Å². The van der Waals surface area contributed by atoms with Crippen molar-refractivity contribution in [2.45, 2.75) is 19.4 Å². The maximum atomic E-state index is 6.41. The van der Waals surface area contributed by atoms with E-state index in [2.05, 4.69) is 18.0 Å². The van der Waals surface area contributed by atoms with Crippen molar-refractivity contribution in [3.05, 3.63) is 59.4 Å². The Morgan fingerprint density at radius 1 is 1.32 bits per heavy atom.